The Labute approximate surface area is 131 Å². The number of non-ortho nitro benzene ring substituents is 1. The molecule has 0 aliphatic carbocycles. The van der Waals surface area contributed by atoms with E-state index in [-0.39, 0.29) is 5.69 Å². The topological polar surface area (TPSA) is 69.2 Å². The number of hydrogen-bond acceptors (Lipinski definition) is 4. The molecule has 23 heavy (non-hydrogen) atoms. The van der Waals surface area contributed by atoms with Crippen molar-refractivity contribution in [1.82, 2.24) is 4.98 Å². The predicted octanol–water partition coefficient (Wildman–Crippen LogP) is 4.86. The SMILES string of the molecule is Cc1cc([N+](=O)[O-])cc2nc(-c3ccc4ccccc4c3)oc12. The molecule has 4 rings (SSSR count). The molecule has 5 nitrogen and oxygen atoms in total. The Morgan fingerprint density at radius 3 is 2.61 bits per heavy atom. The van der Waals surface area contributed by atoms with Gasteiger partial charge >= 0.3 is 0 Å². The first kappa shape index (κ1) is 13.5. The Balaban J connectivity index is 1.90. The first-order valence-electron chi connectivity index (χ1n) is 7.16. The molecule has 0 aliphatic heterocycles. The number of rotatable bonds is 2. The van der Waals surface area contributed by atoms with E-state index in [1.807, 2.05) is 42.5 Å². The average molecular weight is 304 g/mol. The van der Waals surface area contributed by atoms with Crippen LogP contribution in [0.3, 0.4) is 0 Å². The van der Waals surface area contributed by atoms with E-state index in [1.54, 1.807) is 6.92 Å². The second-order valence-electron chi connectivity index (χ2n) is 5.45. The highest BCUT2D eigenvalue weighted by atomic mass is 16.6. The minimum absolute atomic E-state index is 0.0216. The Hall–Kier alpha value is -3.21. The molecule has 112 valence electrons. The van der Waals surface area contributed by atoms with Crippen molar-refractivity contribution < 1.29 is 9.34 Å². The maximum Gasteiger partial charge on any atom is 0.272 e. The zero-order valence-corrected chi connectivity index (χ0v) is 12.3. The van der Waals surface area contributed by atoms with Crippen LogP contribution in [0.1, 0.15) is 5.56 Å². The van der Waals surface area contributed by atoms with Crippen LogP contribution in [0.25, 0.3) is 33.3 Å². The van der Waals surface area contributed by atoms with Gasteiger partial charge in [0.05, 0.1) is 4.92 Å². The van der Waals surface area contributed by atoms with Crippen molar-refractivity contribution in [3.63, 3.8) is 0 Å². The number of oxazole rings is 1. The molecule has 5 heteroatoms. The molecule has 0 radical (unpaired) electrons. The minimum atomic E-state index is -0.420. The van der Waals surface area contributed by atoms with Gasteiger partial charge in [-0.2, -0.15) is 0 Å². The van der Waals surface area contributed by atoms with Gasteiger partial charge in [0.2, 0.25) is 5.89 Å². The van der Waals surface area contributed by atoms with Crippen LogP contribution in [0.5, 0.6) is 0 Å². The van der Waals surface area contributed by atoms with E-state index in [0.717, 1.165) is 16.3 Å². The molecule has 1 aromatic heterocycles. The Bertz CT molecular complexity index is 1070. The number of hydrogen-bond donors (Lipinski definition) is 0. The van der Waals surface area contributed by atoms with Gasteiger partial charge < -0.3 is 4.42 Å². The molecule has 4 aromatic rings. The molecular formula is C18H12N2O3. The lowest BCUT2D eigenvalue weighted by molar-refractivity contribution is -0.384. The first-order valence-corrected chi connectivity index (χ1v) is 7.16. The summed E-state index contributed by atoms with van der Waals surface area (Å²) in [6, 6.07) is 16.9. The summed E-state index contributed by atoms with van der Waals surface area (Å²) in [5, 5.41) is 13.2. The molecule has 0 unspecified atom stereocenters. The normalized spacial score (nSPS) is 11.2. The van der Waals surface area contributed by atoms with Gasteiger partial charge in [-0.25, -0.2) is 4.98 Å². The lowest BCUT2D eigenvalue weighted by atomic mass is 10.1. The lowest BCUT2D eigenvalue weighted by Crippen LogP contribution is -1.88. The molecular weight excluding hydrogens is 292 g/mol. The van der Waals surface area contributed by atoms with Crippen molar-refractivity contribution in [1.29, 1.82) is 0 Å². The highest BCUT2D eigenvalue weighted by Gasteiger charge is 2.16. The molecule has 0 N–H and O–H groups in total. The minimum Gasteiger partial charge on any atom is -0.436 e. The van der Waals surface area contributed by atoms with E-state index >= 15 is 0 Å². The molecule has 0 saturated heterocycles. The van der Waals surface area contributed by atoms with Gasteiger partial charge in [0.1, 0.15) is 5.52 Å². The van der Waals surface area contributed by atoms with Crippen molar-refractivity contribution in [2.24, 2.45) is 0 Å². The maximum atomic E-state index is 11.0. The second-order valence-corrected chi connectivity index (χ2v) is 5.45. The van der Waals surface area contributed by atoms with Crippen LogP contribution in [-0.4, -0.2) is 9.91 Å². The van der Waals surface area contributed by atoms with Crippen molar-refractivity contribution in [2.75, 3.05) is 0 Å². The van der Waals surface area contributed by atoms with Crippen LogP contribution in [0, 0.1) is 17.0 Å². The van der Waals surface area contributed by atoms with Crippen molar-refractivity contribution in [2.45, 2.75) is 6.92 Å². The average Bonchev–Trinajstić information content (AvgIpc) is 2.99. The van der Waals surface area contributed by atoms with E-state index < -0.39 is 4.92 Å². The summed E-state index contributed by atoms with van der Waals surface area (Å²) in [4.78, 5) is 15.0. The highest BCUT2D eigenvalue weighted by Crippen LogP contribution is 2.31. The summed E-state index contributed by atoms with van der Waals surface area (Å²) in [5.74, 6) is 0.467. The molecule has 0 atom stereocenters. The largest absolute Gasteiger partial charge is 0.436 e. The third-order valence-electron chi connectivity index (χ3n) is 3.87. The van der Waals surface area contributed by atoms with Crippen LogP contribution in [0.4, 0.5) is 5.69 Å². The Kier molecular flexibility index (Phi) is 2.87. The summed E-state index contributed by atoms with van der Waals surface area (Å²) in [6.45, 7) is 1.78. The molecule has 0 fully saturated rings. The zero-order chi connectivity index (χ0) is 16.0. The molecule has 3 aromatic carbocycles. The number of aryl methyl sites for hydroxylation is 1. The van der Waals surface area contributed by atoms with Gasteiger partial charge in [0, 0.05) is 23.3 Å². The fourth-order valence-electron chi connectivity index (χ4n) is 2.73. The predicted molar refractivity (Wildman–Crippen MR) is 88.3 cm³/mol. The lowest BCUT2D eigenvalue weighted by Gasteiger charge is -1.99. The number of benzene rings is 3. The van der Waals surface area contributed by atoms with Crippen molar-refractivity contribution in [3.05, 3.63) is 70.3 Å². The quantitative estimate of drug-likeness (QED) is 0.391. The van der Waals surface area contributed by atoms with E-state index in [9.17, 15) is 10.1 Å². The number of nitrogens with zero attached hydrogens (tertiary/aromatic N) is 2. The monoisotopic (exact) mass is 304 g/mol. The maximum absolute atomic E-state index is 11.0. The summed E-state index contributed by atoms with van der Waals surface area (Å²) >= 11 is 0. The summed E-state index contributed by atoms with van der Waals surface area (Å²) in [6.07, 6.45) is 0. The van der Waals surface area contributed by atoms with Crippen molar-refractivity contribution >= 4 is 27.6 Å². The third-order valence-corrected chi connectivity index (χ3v) is 3.87. The summed E-state index contributed by atoms with van der Waals surface area (Å²) < 4.78 is 5.83. The van der Waals surface area contributed by atoms with Crippen LogP contribution in [0.2, 0.25) is 0 Å². The third kappa shape index (κ3) is 2.23. The number of fused-ring (bicyclic) bond motifs is 2. The smallest absolute Gasteiger partial charge is 0.272 e. The fraction of sp³-hybridized carbons (Fsp3) is 0.0556. The van der Waals surface area contributed by atoms with Gasteiger partial charge in [-0.1, -0.05) is 30.3 Å². The molecule has 0 aliphatic rings. The first-order chi connectivity index (χ1) is 11.1. The fourth-order valence-corrected chi connectivity index (χ4v) is 2.73. The molecule has 0 saturated carbocycles. The highest BCUT2D eigenvalue weighted by molar-refractivity contribution is 5.87. The summed E-state index contributed by atoms with van der Waals surface area (Å²) in [5.41, 5.74) is 2.66. The van der Waals surface area contributed by atoms with Crippen LogP contribution in [0.15, 0.2) is 59.0 Å². The number of nitro groups is 1. The van der Waals surface area contributed by atoms with Crippen LogP contribution < -0.4 is 0 Å². The van der Waals surface area contributed by atoms with Gasteiger partial charge in [-0.3, -0.25) is 10.1 Å². The van der Waals surface area contributed by atoms with Crippen molar-refractivity contribution in [3.8, 4) is 11.5 Å². The van der Waals surface area contributed by atoms with Gasteiger partial charge in [-0.15, -0.1) is 0 Å². The number of aromatic nitrogens is 1. The Morgan fingerprint density at radius 2 is 1.83 bits per heavy atom. The van der Waals surface area contributed by atoms with Gasteiger partial charge in [0.15, 0.2) is 5.58 Å². The molecule has 1 heterocycles. The second kappa shape index (κ2) is 4.91. The van der Waals surface area contributed by atoms with E-state index in [2.05, 4.69) is 4.98 Å². The van der Waals surface area contributed by atoms with Gasteiger partial charge in [-0.05, 0) is 29.8 Å². The van der Waals surface area contributed by atoms with Crippen LogP contribution in [-0.2, 0) is 0 Å². The Morgan fingerprint density at radius 1 is 1.04 bits per heavy atom. The molecule has 0 amide bonds. The summed E-state index contributed by atoms with van der Waals surface area (Å²) in [7, 11) is 0. The van der Waals surface area contributed by atoms with E-state index in [1.165, 1.54) is 12.1 Å². The zero-order valence-electron chi connectivity index (χ0n) is 12.3. The number of nitro benzene ring substituents is 1. The van der Waals surface area contributed by atoms with Crippen LogP contribution >= 0.6 is 0 Å². The molecule has 0 spiro atoms. The van der Waals surface area contributed by atoms with E-state index in [4.69, 9.17) is 4.42 Å². The standard InChI is InChI=1S/C18H12N2O3/c1-11-8-15(20(21)22)10-16-17(11)23-18(19-16)14-7-6-12-4-2-3-5-13(12)9-14/h2-10H,1H3. The van der Waals surface area contributed by atoms with Gasteiger partial charge in [0.25, 0.3) is 5.69 Å². The molecule has 0 bridgehead atoms. The van der Waals surface area contributed by atoms with E-state index in [0.29, 0.717) is 22.6 Å².